The molecule has 0 radical (unpaired) electrons. The summed E-state index contributed by atoms with van der Waals surface area (Å²) in [4.78, 5) is 2.18. The number of hydrogen-bond acceptors (Lipinski definition) is 4. The van der Waals surface area contributed by atoms with E-state index in [-0.39, 0.29) is 10.7 Å². The fourth-order valence-corrected chi connectivity index (χ4v) is 4.65. The van der Waals surface area contributed by atoms with Crippen molar-refractivity contribution in [2.45, 2.75) is 11.8 Å². The maximum absolute atomic E-state index is 13.4. The second-order valence-electron chi connectivity index (χ2n) is 6.03. The fourth-order valence-electron chi connectivity index (χ4n) is 2.98. The molecule has 0 bridgehead atoms. The van der Waals surface area contributed by atoms with Crippen LogP contribution in [0.2, 0.25) is 0 Å². The first-order chi connectivity index (χ1) is 11.9. The second-order valence-corrected chi connectivity index (χ2v) is 7.93. The van der Waals surface area contributed by atoms with Crippen LogP contribution in [0.5, 0.6) is 5.75 Å². The predicted octanol–water partition coefficient (Wildman–Crippen LogP) is 2.65. The molecule has 0 unspecified atom stereocenters. The Labute approximate surface area is 147 Å². The lowest BCUT2D eigenvalue weighted by atomic mass is 10.2. The summed E-state index contributed by atoms with van der Waals surface area (Å²) in [6, 6.07) is 11.5. The number of piperazine rings is 1. The molecular formula is C18H21FN2O3S. The Morgan fingerprint density at radius 3 is 2.40 bits per heavy atom. The van der Waals surface area contributed by atoms with Crippen LogP contribution in [-0.2, 0) is 10.0 Å². The molecule has 7 heteroatoms. The quantitative estimate of drug-likeness (QED) is 0.837. The molecule has 2 aromatic carbocycles. The van der Waals surface area contributed by atoms with Crippen LogP contribution in [0.25, 0.3) is 0 Å². The third kappa shape index (κ3) is 3.62. The van der Waals surface area contributed by atoms with E-state index in [4.69, 9.17) is 4.74 Å². The molecule has 1 saturated heterocycles. The average molecular weight is 364 g/mol. The van der Waals surface area contributed by atoms with Gasteiger partial charge in [0.25, 0.3) is 0 Å². The molecule has 0 aromatic heterocycles. The molecule has 5 nitrogen and oxygen atoms in total. The number of benzene rings is 2. The van der Waals surface area contributed by atoms with E-state index in [9.17, 15) is 12.8 Å². The largest absolute Gasteiger partial charge is 0.495 e. The number of methoxy groups -OCH3 is 1. The topological polar surface area (TPSA) is 49.9 Å². The predicted molar refractivity (Wildman–Crippen MR) is 95.1 cm³/mol. The van der Waals surface area contributed by atoms with Gasteiger partial charge in [-0.2, -0.15) is 4.31 Å². The Hall–Kier alpha value is -2.12. The van der Waals surface area contributed by atoms with Gasteiger partial charge in [-0.1, -0.05) is 12.1 Å². The highest BCUT2D eigenvalue weighted by Crippen LogP contribution is 2.29. The van der Waals surface area contributed by atoms with Crippen molar-refractivity contribution in [1.29, 1.82) is 0 Å². The third-order valence-electron chi connectivity index (χ3n) is 4.35. The zero-order chi connectivity index (χ0) is 18.0. The molecular weight excluding hydrogens is 343 g/mol. The van der Waals surface area contributed by atoms with Gasteiger partial charge in [-0.05, 0) is 42.8 Å². The van der Waals surface area contributed by atoms with E-state index in [1.807, 2.05) is 24.0 Å². The zero-order valence-electron chi connectivity index (χ0n) is 14.3. The van der Waals surface area contributed by atoms with Crippen LogP contribution in [0.3, 0.4) is 0 Å². The van der Waals surface area contributed by atoms with Crippen molar-refractivity contribution in [3.05, 3.63) is 53.8 Å². The molecule has 134 valence electrons. The van der Waals surface area contributed by atoms with Gasteiger partial charge in [0.1, 0.15) is 16.5 Å². The summed E-state index contributed by atoms with van der Waals surface area (Å²) < 4.78 is 46.0. The maximum atomic E-state index is 13.4. The summed E-state index contributed by atoms with van der Waals surface area (Å²) in [6.07, 6.45) is 0. The lowest BCUT2D eigenvalue weighted by Crippen LogP contribution is -2.48. The number of rotatable bonds is 4. The summed E-state index contributed by atoms with van der Waals surface area (Å²) in [7, 11) is -2.17. The van der Waals surface area contributed by atoms with Crippen molar-refractivity contribution >= 4 is 15.7 Å². The van der Waals surface area contributed by atoms with Gasteiger partial charge in [0, 0.05) is 31.9 Å². The second kappa shape index (κ2) is 7.01. The Kier molecular flexibility index (Phi) is 4.96. The SMILES string of the molecule is COc1ccc(C)cc1S(=O)(=O)N1CCN(c2cccc(F)c2)CC1. The van der Waals surface area contributed by atoms with Gasteiger partial charge in [-0.25, -0.2) is 12.8 Å². The lowest BCUT2D eigenvalue weighted by molar-refractivity contribution is 0.374. The molecule has 25 heavy (non-hydrogen) atoms. The summed E-state index contributed by atoms with van der Waals surface area (Å²) >= 11 is 0. The van der Waals surface area contributed by atoms with Crippen molar-refractivity contribution in [1.82, 2.24) is 4.31 Å². The van der Waals surface area contributed by atoms with Crippen molar-refractivity contribution in [2.75, 3.05) is 38.2 Å². The molecule has 1 aliphatic heterocycles. The average Bonchev–Trinajstić information content (AvgIpc) is 2.62. The first-order valence-electron chi connectivity index (χ1n) is 8.07. The Morgan fingerprint density at radius 1 is 1.04 bits per heavy atom. The van der Waals surface area contributed by atoms with Crippen LogP contribution in [-0.4, -0.2) is 46.0 Å². The van der Waals surface area contributed by atoms with Crippen molar-refractivity contribution in [3.63, 3.8) is 0 Å². The van der Waals surface area contributed by atoms with Gasteiger partial charge < -0.3 is 9.64 Å². The van der Waals surface area contributed by atoms with Crippen LogP contribution < -0.4 is 9.64 Å². The van der Waals surface area contributed by atoms with E-state index in [0.717, 1.165) is 11.3 Å². The Bertz CT molecular complexity index is 862. The molecule has 1 fully saturated rings. The minimum Gasteiger partial charge on any atom is -0.495 e. The molecule has 0 N–H and O–H groups in total. The van der Waals surface area contributed by atoms with Crippen molar-refractivity contribution < 1.29 is 17.5 Å². The van der Waals surface area contributed by atoms with Crippen molar-refractivity contribution in [3.8, 4) is 5.75 Å². The highest BCUT2D eigenvalue weighted by molar-refractivity contribution is 7.89. The Morgan fingerprint density at radius 2 is 1.76 bits per heavy atom. The monoisotopic (exact) mass is 364 g/mol. The molecule has 0 saturated carbocycles. The third-order valence-corrected chi connectivity index (χ3v) is 6.27. The summed E-state index contributed by atoms with van der Waals surface area (Å²) in [5.74, 6) is 0.0511. The smallest absolute Gasteiger partial charge is 0.246 e. The maximum Gasteiger partial charge on any atom is 0.246 e. The zero-order valence-corrected chi connectivity index (χ0v) is 15.1. The number of nitrogens with zero attached hydrogens (tertiary/aromatic N) is 2. The first-order valence-corrected chi connectivity index (χ1v) is 9.51. The van der Waals surface area contributed by atoms with E-state index in [1.54, 1.807) is 18.2 Å². The molecule has 2 aromatic rings. The molecule has 0 amide bonds. The van der Waals surface area contributed by atoms with E-state index < -0.39 is 10.0 Å². The van der Waals surface area contributed by atoms with Gasteiger partial charge in [-0.3, -0.25) is 0 Å². The number of anilines is 1. The molecule has 3 rings (SSSR count). The van der Waals surface area contributed by atoms with Crippen LogP contribution in [0.15, 0.2) is 47.4 Å². The van der Waals surface area contributed by atoms with E-state index in [1.165, 1.54) is 23.5 Å². The van der Waals surface area contributed by atoms with Gasteiger partial charge in [0.15, 0.2) is 0 Å². The molecule has 0 aliphatic carbocycles. The molecule has 1 aliphatic rings. The minimum absolute atomic E-state index is 0.189. The van der Waals surface area contributed by atoms with Gasteiger partial charge in [-0.15, -0.1) is 0 Å². The van der Waals surface area contributed by atoms with Crippen LogP contribution in [0.4, 0.5) is 10.1 Å². The van der Waals surface area contributed by atoms with Crippen LogP contribution >= 0.6 is 0 Å². The fraction of sp³-hybridized carbons (Fsp3) is 0.333. The lowest BCUT2D eigenvalue weighted by Gasteiger charge is -2.35. The van der Waals surface area contributed by atoms with Crippen LogP contribution in [0, 0.1) is 12.7 Å². The normalized spacial score (nSPS) is 16.0. The molecule has 1 heterocycles. The number of ether oxygens (including phenoxy) is 1. The van der Waals surface area contributed by atoms with Gasteiger partial charge >= 0.3 is 0 Å². The Balaban J connectivity index is 1.79. The summed E-state index contributed by atoms with van der Waals surface area (Å²) in [5.41, 5.74) is 1.63. The van der Waals surface area contributed by atoms with E-state index >= 15 is 0 Å². The molecule has 0 spiro atoms. The van der Waals surface area contributed by atoms with E-state index in [0.29, 0.717) is 31.9 Å². The molecule has 0 atom stereocenters. The van der Waals surface area contributed by atoms with Gasteiger partial charge in [0.2, 0.25) is 10.0 Å². The van der Waals surface area contributed by atoms with Crippen molar-refractivity contribution in [2.24, 2.45) is 0 Å². The van der Waals surface area contributed by atoms with Gasteiger partial charge in [0.05, 0.1) is 7.11 Å². The summed E-state index contributed by atoms with van der Waals surface area (Å²) in [6.45, 7) is 3.56. The standard InChI is InChI=1S/C18H21FN2O3S/c1-14-6-7-17(24-2)18(12-14)25(22,23)21-10-8-20(9-11-21)16-5-3-4-15(19)13-16/h3-7,12-13H,8-11H2,1-2H3. The highest BCUT2D eigenvalue weighted by atomic mass is 32.2. The summed E-state index contributed by atoms with van der Waals surface area (Å²) in [5, 5.41) is 0. The number of sulfonamides is 1. The highest BCUT2D eigenvalue weighted by Gasteiger charge is 2.31. The first kappa shape index (κ1) is 17.7. The number of aryl methyl sites for hydroxylation is 1. The number of hydrogen-bond donors (Lipinski definition) is 0. The van der Waals surface area contributed by atoms with E-state index in [2.05, 4.69) is 0 Å². The van der Waals surface area contributed by atoms with Crippen LogP contribution in [0.1, 0.15) is 5.56 Å². The number of halogens is 1. The minimum atomic E-state index is -3.63.